The fraction of sp³-hybridized carbons (Fsp3) is 0.638. The summed E-state index contributed by atoms with van der Waals surface area (Å²) in [5.74, 6) is -1.57. The normalized spacial score (nSPS) is 13.8. The van der Waals surface area contributed by atoms with Crippen LogP contribution in [0.5, 0.6) is 0 Å². The molecule has 2 unspecified atom stereocenters. The van der Waals surface area contributed by atoms with Gasteiger partial charge in [0.25, 0.3) is 0 Å². The van der Waals surface area contributed by atoms with E-state index in [9.17, 15) is 19.5 Å². The molecule has 0 aliphatic heterocycles. The standard InChI is InChI=1S/C47H77NO7/c1-6-8-10-12-14-16-18-20-22-23-24-26-28-30-32-34-36-38-46(50)55-43(41-53-40-39-44(47(51)52)48(3,4)5)42-54-45(49)37-35-33-31-29-27-25-21-19-17-15-13-11-9-7-2/h8-11,14-17,20,22,24,26,30,32,43-44H,6-7,12-13,18-19,21,23,25,27-29,31,33-42H2,1-5H3/p+1/b10-8+,11-9+,16-14+,17-15+,22-20+,26-24+,32-30+. The predicted octanol–water partition coefficient (Wildman–Crippen LogP) is 11.4. The van der Waals surface area contributed by atoms with Crippen molar-refractivity contribution in [3.63, 3.8) is 0 Å². The van der Waals surface area contributed by atoms with Gasteiger partial charge in [-0.05, 0) is 77.0 Å². The van der Waals surface area contributed by atoms with Crippen LogP contribution in [0.2, 0.25) is 0 Å². The molecule has 0 saturated carbocycles. The first-order chi connectivity index (χ1) is 26.6. The number of likely N-dealkylation sites (N-methyl/N-ethyl adjacent to an activating group) is 1. The van der Waals surface area contributed by atoms with Crippen molar-refractivity contribution in [1.82, 2.24) is 0 Å². The predicted molar refractivity (Wildman–Crippen MR) is 229 cm³/mol. The zero-order valence-electron chi connectivity index (χ0n) is 35.3. The minimum Gasteiger partial charge on any atom is -0.477 e. The smallest absolute Gasteiger partial charge is 0.362 e. The number of esters is 2. The maximum Gasteiger partial charge on any atom is 0.362 e. The third-order valence-corrected chi connectivity index (χ3v) is 8.79. The fourth-order valence-electron chi connectivity index (χ4n) is 5.57. The van der Waals surface area contributed by atoms with Crippen molar-refractivity contribution in [2.45, 2.75) is 154 Å². The van der Waals surface area contributed by atoms with Crippen molar-refractivity contribution in [2.24, 2.45) is 0 Å². The highest BCUT2D eigenvalue weighted by atomic mass is 16.6. The molecule has 0 aromatic rings. The Balaban J connectivity index is 4.50. The minimum absolute atomic E-state index is 0.0307. The summed E-state index contributed by atoms with van der Waals surface area (Å²) >= 11 is 0. The van der Waals surface area contributed by atoms with E-state index in [1.807, 2.05) is 21.1 Å². The average molecular weight is 769 g/mol. The molecule has 0 amide bonds. The SMILES string of the molecule is CC/C=C/C/C=C/C/C=C/C/C=C/C/C=C/CCCC(=O)OC(COCCC(C(=O)O)[N+](C)(C)C)COC(=O)CCCCCCCCC/C=C/C/C=C/CC. The molecule has 0 aromatic carbocycles. The molecule has 0 aliphatic rings. The van der Waals surface area contributed by atoms with E-state index >= 15 is 0 Å². The van der Waals surface area contributed by atoms with Gasteiger partial charge in [-0.15, -0.1) is 0 Å². The van der Waals surface area contributed by atoms with Gasteiger partial charge in [0.15, 0.2) is 12.1 Å². The molecule has 2 atom stereocenters. The van der Waals surface area contributed by atoms with E-state index < -0.39 is 18.1 Å². The Morgan fingerprint density at radius 3 is 1.47 bits per heavy atom. The zero-order valence-corrected chi connectivity index (χ0v) is 35.3. The van der Waals surface area contributed by atoms with E-state index in [0.717, 1.165) is 77.0 Å². The van der Waals surface area contributed by atoms with Crippen molar-refractivity contribution >= 4 is 17.9 Å². The summed E-state index contributed by atoms with van der Waals surface area (Å²) in [5.41, 5.74) is 0. The number of ether oxygens (including phenoxy) is 3. The van der Waals surface area contributed by atoms with Crippen LogP contribution in [0.15, 0.2) is 85.1 Å². The molecule has 1 N–H and O–H groups in total. The van der Waals surface area contributed by atoms with E-state index in [1.165, 1.54) is 25.7 Å². The molecular weight excluding hydrogens is 691 g/mol. The number of rotatable bonds is 36. The molecule has 55 heavy (non-hydrogen) atoms. The lowest BCUT2D eigenvalue weighted by atomic mass is 10.1. The number of nitrogens with zero attached hydrogens (tertiary/aromatic N) is 1. The Labute approximate surface area is 335 Å². The highest BCUT2D eigenvalue weighted by Gasteiger charge is 2.31. The van der Waals surface area contributed by atoms with Crippen LogP contribution in [-0.4, -0.2) is 80.6 Å². The van der Waals surface area contributed by atoms with Crippen molar-refractivity contribution in [2.75, 3.05) is 41.0 Å². The Morgan fingerprint density at radius 1 is 0.545 bits per heavy atom. The van der Waals surface area contributed by atoms with E-state index in [1.54, 1.807) is 0 Å². The molecule has 8 nitrogen and oxygen atoms in total. The third kappa shape index (κ3) is 35.9. The molecule has 312 valence electrons. The summed E-state index contributed by atoms with van der Waals surface area (Å²) in [6.07, 6.45) is 47.8. The number of carbonyl (C=O) groups excluding carboxylic acids is 2. The minimum atomic E-state index is -0.889. The van der Waals surface area contributed by atoms with Crippen LogP contribution in [0.3, 0.4) is 0 Å². The summed E-state index contributed by atoms with van der Waals surface area (Å²) in [5, 5.41) is 9.61. The van der Waals surface area contributed by atoms with Gasteiger partial charge in [0.1, 0.15) is 6.61 Å². The molecule has 8 heteroatoms. The molecule has 0 radical (unpaired) electrons. The molecule has 0 fully saturated rings. The molecule has 0 spiro atoms. The van der Waals surface area contributed by atoms with Gasteiger partial charge < -0.3 is 23.8 Å². The lowest BCUT2D eigenvalue weighted by Gasteiger charge is -2.31. The fourth-order valence-corrected chi connectivity index (χ4v) is 5.57. The van der Waals surface area contributed by atoms with Crippen LogP contribution in [-0.2, 0) is 28.6 Å². The quantitative estimate of drug-likeness (QED) is 0.0293. The second-order valence-electron chi connectivity index (χ2n) is 14.8. The number of hydrogen-bond donors (Lipinski definition) is 1. The maximum absolute atomic E-state index is 12.7. The first-order valence-corrected chi connectivity index (χ1v) is 21.1. The summed E-state index contributed by atoms with van der Waals surface area (Å²) in [7, 11) is 5.49. The third-order valence-electron chi connectivity index (χ3n) is 8.79. The average Bonchev–Trinajstić information content (AvgIpc) is 3.14. The Bertz CT molecular complexity index is 1170. The van der Waals surface area contributed by atoms with E-state index in [0.29, 0.717) is 19.3 Å². The Kier molecular flexibility index (Phi) is 35.1. The first kappa shape index (κ1) is 51.5. The highest BCUT2D eigenvalue weighted by Crippen LogP contribution is 2.12. The largest absolute Gasteiger partial charge is 0.477 e. The van der Waals surface area contributed by atoms with Gasteiger partial charge in [-0.3, -0.25) is 9.59 Å². The number of hydrogen-bond acceptors (Lipinski definition) is 6. The van der Waals surface area contributed by atoms with Gasteiger partial charge in [0.2, 0.25) is 0 Å². The highest BCUT2D eigenvalue weighted by molar-refractivity contribution is 5.72. The van der Waals surface area contributed by atoms with Gasteiger partial charge in [-0.25, -0.2) is 4.79 Å². The Hall–Kier alpha value is -3.49. The van der Waals surface area contributed by atoms with E-state index in [2.05, 4.69) is 98.9 Å². The van der Waals surface area contributed by atoms with Gasteiger partial charge in [-0.2, -0.15) is 0 Å². The van der Waals surface area contributed by atoms with Crippen LogP contribution in [0, 0.1) is 0 Å². The Morgan fingerprint density at radius 2 is 0.982 bits per heavy atom. The van der Waals surface area contributed by atoms with Crippen molar-refractivity contribution < 1.29 is 38.2 Å². The number of aliphatic carboxylic acids is 1. The van der Waals surface area contributed by atoms with Gasteiger partial charge in [-0.1, -0.05) is 131 Å². The summed E-state index contributed by atoms with van der Waals surface area (Å²) in [6.45, 7) is 4.42. The van der Waals surface area contributed by atoms with Crippen LogP contribution >= 0.6 is 0 Å². The van der Waals surface area contributed by atoms with Crippen LogP contribution in [0.1, 0.15) is 142 Å². The first-order valence-electron chi connectivity index (χ1n) is 21.1. The second kappa shape index (κ2) is 37.4. The number of allylic oxidation sites excluding steroid dienone is 14. The van der Waals surface area contributed by atoms with Crippen LogP contribution in [0.4, 0.5) is 0 Å². The van der Waals surface area contributed by atoms with Crippen molar-refractivity contribution in [1.29, 1.82) is 0 Å². The summed E-state index contributed by atoms with van der Waals surface area (Å²) in [6, 6.07) is -0.630. The van der Waals surface area contributed by atoms with Crippen LogP contribution < -0.4 is 0 Å². The number of carbonyl (C=O) groups is 3. The second-order valence-corrected chi connectivity index (χ2v) is 14.8. The lowest BCUT2D eigenvalue weighted by molar-refractivity contribution is -0.887. The van der Waals surface area contributed by atoms with Gasteiger partial charge in [0, 0.05) is 19.3 Å². The molecule has 0 saturated heterocycles. The van der Waals surface area contributed by atoms with Crippen LogP contribution in [0.25, 0.3) is 0 Å². The number of unbranched alkanes of at least 4 members (excludes halogenated alkanes) is 8. The van der Waals surface area contributed by atoms with E-state index in [-0.39, 0.29) is 42.7 Å². The topological polar surface area (TPSA) is 99.1 Å². The van der Waals surface area contributed by atoms with E-state index in [4.69, 9.17) is 14.2 Å². The van der Waals surface area contributed by atoms with Crippen molar-refractivity contribution in [3.05, 3.63) is 85.1 Å². The van der Waals surface area contributed by atoms with Crippen molar-refractivity contribution in [3.8, 4) is 0 Å². The zero-order chi connectivity index (χ0) is 40.7. The molecule has 0 rings (SSSR count). The lowest BCUT2D eigenvalue weighted by Crippen LogP contribution is -2.50. The number of carboxylic acids is 1. The van der Waals surface area contributed by atoms with Gasteiger partial charge >= 0.3 is 17.9 Å². The molecular formula is C47H78NO7+. The molecule has 0 aliphatic carbocycles. The maximum atomic E-state index is 12.7. The summed E-state index contributed by atoms with van der Waals surface area (Å²) in [4.78, 5) is 36.9. The molecule has 0 aromatic heterocycles. The number of quaternary nitrogens is 1. The molecule has 0 bridgehead atoms. The number of carboxylic acid groups (broad SMARTS) is 1. The van der Waals surface area contributed by atoms with Gasteiger partial charge in [0.05, 0.1) is 34.4 Å². The monoisotopic (exact) mass is 769 g/mol. The summed E-state index contributed by atoms with van der Waals surface area (Å²) < 4.78 is 17.2. The molecule has 0 heterocycles.